The van der Waals surface area contributed by atoms with Gasteiger partial charge in [-0.15, -0.1) is 0 Å². The highest BCUT2D eigenvalue weighted by Gasteiger charge is 2.34. The summed E-state index contributed by atoms with van der Waals surface area (Å²) < 4.78 is 5.36. The van der Waals surface area contributed by atoms with Crippen molar-refractivity contribution in [2.24, 2.45) is 5.92 Å². The molecule has 1 N–H and O–H groups in total. The van der Waals surface area contributed by atoms with Crippen LogP contribution in [0.2, 0.25) is 0 Å². The van der Waals surface area contributed by atoms with Gasteiger partial charge in [-0.25, -0.2) is 4.98 Å². The largest absolute Gasteiger partial charge is 0.378 e. The summed E-state index contributed by atoms with van der Waals surface area (Å²) >= 11 is 0. The van der Waals surface area contributed by atoms with Crippen molar-refractivity contribution < 1.29 is 14.3 Å². The molecular weight excluding hydrogens is 374 g/mol. The number of piperidine rings is 2. The molecule has 29 heavy (non-hydrogen) atoms. The molecule has 3 saturated heterocycles. The number of carbonyl (C=O) groups excluding carboxylic acids is 2. The molecule has 9 heteroatoms. The van der Waals surface area contributed by atoms with Crippen molar-refractivity contribution >= 4 is 11.8 Å². The topological polar surface area (TPSA) is 98.8 Å². The number of likely N-dealkylation sites (tertiary alicyclic amines) is 2. The highest BCUT2D eigenvalue weighted by Crippen LogP contribution is 2.25. The Hall–Kier alpha value is -2.26. The molecule has 0 radical (unpaired) electrons. The first-order valence-electron chi connectivity index (χ1n) is 10.6. The molecule has 158 valence electrons. The van der Waals surface area contributed by atoms with E-state index in [4.69, 9.17) is 4.74 Å². The predicted molar refractivity (Wildman–Crippen MR) is 105 cm³/mol. The quantitative estimate of drug-likeness (QED) is 0.760. The van der Waals surface area contributed by atoms with Crippen molar-refractivity contribution in [3.8, 4) is 0 Å². The van der Waals surface area contributed by atoms with Crippen LogP contribution in [0.15, 0.2) is 17.2 Å². The van der Waals surface area contributed by atoms with Gasteiger partial charge in [-0.1, -0.05) is 0 Å². The van der Waals surface area contributed by atoms with Gasteiger partial charge in [0.15, 0.2) is 0 Å². The Morgan fingerprint density at radius 2 is 1.79 bits per heavy atom. The number of aromatic nitrogens is 2. The summed E-state index contributed by atoms with van der Waals surface area (Å²) in [4.78, 5) is 49.2. The fourth-order valence-electron chi connectivity index (χ4n) is 4.64. The number of H-pyrrole nitrogens is 1. The van der Waals surface area contributed by atoms with Crippen LogP contribution < -0.4 is 5.56 Å². The number of aromatic amines is 1. The number of nitrogens with zero attached hydrogens (tertiary/aromatic N) is 4. The molecule has 0 aromatic carbocycles. The molecule has 1 aromatic heterocycles. The van der Waals surface area contributed by atoms with Crippen molar-refractivity contribution in [1.29, 1.82) is 0 Å². The van der Waals surface area contributed by atoms with Gasteiger partial charge in [0.25, 0.3) is 11.5 Å². The number of ether oxygens (including phenoxy) is 1. The number of amides is 2. The summed E-state index contributed by atoms with van der Waals surface area (Å²) in [5, 5.41) is 0. The van der Waals surface area contributed by atoms with Crippen LogP contribution in [0.1, 0.15) is 36.2 Å². The fraction of sp³-hybridized carbons (Fsp3) is 0.700. The van der Waals surface area contributed by atoms with Gasteiger partial charge in [-0.3, -0.25) is 19.3 Å². The van der Waals surface area contributed by atoms with E-state index in [1.54, 1.807) is 4.90 Å². The Kier molecular flexibility index (Phi) is 6.25. The van der Waals surface area contributed by atoms with Crippen molar-refractivity contribution in [3.05, 3.63) is 28.4 Å². The van der Waals surface area contributed by atoms with Crippen molar-refractivity contribution in [2.75, 3.05) is 52.5 Å². The lowest BCUT2D eigenvalue weighted by Crippen LogP contribution is -2.53. The lowest BCUT2D eigenvalue weighted by Gasteiger charge is -2.43. The number of carbonyl (C=O) groups is 2. The second-order valence-corrected chi connectivity index (χ2v) is 8.09. The maximum absolute atomic E-state index is 12.9. The molecule has 4 heterocycles. The highest BCUT2D eigenvalue weighted by molar-refractivity contribution is 5.92. The van der Waals surface area contributed by atoms with E-state index in [0.717, 1.165) is 45.0 Å². The van der Waals surface area contributed by atoms with Crippen LogP contribution >= 0.6 is 0 Å². The Morgan fingerprint density at radius 3 is 2.48 bits per heavy atom. The van der Waals surface area contributed by atoms with E-state index in [1.165, 1.54) is 6.20 Å². The van der Waals surface area contributed by atoms with Crippen LogP contribution in [0.4, 0.5) is 0 Å². The van der Waals surface area contributed by atoms with Crippen LogP contribution in [0.3, 0.4) is 0 Å². The summed E-state index contributed by atoms with van der Waals surface area (Å²) in [5.41, 5.74) is -0.0382. The maximum Gasteiger partial charge on any atom is 0.273 e. The summed E-state index contributed by atoms with van der Waals surface area (Å²) in [5.74, 6) is 0.209. The Bertz CT molecular complexity index is 763. The maximum atomic E-state index is 12.9. The zero-order valence-corrected chi connectivity index (χ0v) is 16.7. The number of rotatable bonds is 3. The van der Waals surface area contributed by atoms with E-state index in [2.05, 4.69) is 14.9 Å². The SMILES string of the molecule is O=C(c1c[nH]c(=O)cn1)N1CCC(N2CCC[C@H](C(=O)N3CCOCC3)C2)CC1. The molecule has 0 spiro atoms. The van der Waals surface area contributed by atoms with Crippen molar-refractivity contribution in [2.45, 2.75) is 31.7 Å². The van der Waals surface area contributed by atoms with Crippen LogP contribution in [-0.2, 0) is 9.53 Å². The Balaban J connectivity index is 1.30. The zero-order chi connectivity index (χ0) is 20.2. The number of nitrogens with one attached hydrogen (secondary N) is 1. The summed E-state index contributed by atoms with van der Waals surface area (Å²) in [6.07, 6.45) is 6.31. The zero-order valence-electron chi connectivity index (χ0n) is 16.7. The molecule has 3 aliphatic heterocycles. The summed E-state index contributed by atoms with van der Waals surface area (Å²) in [6.45, 7) is 5.86. The molecule has 1 aromatic rings. The first-order valence-corrected chi connectivity index (χ1v) is 10.6. The van der Waals surface area contributed by atoms with Gasteiger partial charge in [0.1, 0.15) is 5.69 Å². The van der Waals surface area contributed by atoms with Crippen LogP contribution in [0.25, 0.3) is 0 Å². The van der Waals surface area contributed by atoms with Crippen LogP contribution in [-0.4, -0.2) is 95.0 Å². The highest BCUT2D eigenvalue weighted by atomic mass is 16.5. The fourth-order valence-corrected chi connectivity index (χ4v) is 4.64. The molecule has 1 atom stereocenters. The molecule has 0 aliphatic carbocycles. The van der Waals surface area contributed by atoms with Gasteiger partial charge in [-0.2, -0.15) is 0 Å². The minimum Gasteiger partial charge on any atom is -0.378 e. The van der Waals surface area contributed by atoms with E-state index < -0.39 is 0 Å². The standard InChI is InChI=1S/C20H29N5O4/c26-18-13-21-17(12-22-18)20(28)23-6-3-16(4-7-23)25-5-1-2-15(14-25)19(27)24-8-10-29-11-9-24/h12-13,15-16H,1-11,14H2,(H,22,26)/t15-/m0/s1. The van der Waals surface area contributed by atoms with Gasteiger partial charge in [0, 0.05) is 45.0 Å². The number of morpholine rings is 1. The lowest BCUT2D eigenvalue weighted by atomic mass is 9.92. The minimum atomic E-state index is -0.313. The molecule has 0 unspecified atom stereocenters. The second kappa shape index (κ2) is 9.04. The average Bonchev–Trinajstić information content (AvgIpc) is 2.79. The molecule has 3 fully saturated rings. The van der Waals surface area contributed by atoms with Crippen LogP contribution in [0, 0.1) is 5.92 Å². The third-order valence-corrected chi connectivity index (χ3v) is 6.28. The molecule has 4 rings (SSSR count). The molecule has 0 bridgehead atoms. The molecule has 9 nitrogen and oxygen atoms in total. The first kappa shape index (κ1) is 20.0. The molecule has 3 aliphatic rings. The van der Waals surface area contributed by atoms with Gasteiger partial charge in [0.2, 0.25) is 5.91 Å². The van der Waals surface area contributed by atoms with E-state index in [-0.39, 0.29) is 29.0 Å². The first-order chi connectivity index (χ1) is 14.1. The van der Waals surface area contributed by atoms with Crippen molar-refractivity contribution in [3.63, 3.8) is 0 Å². The minimum absolute atomic E-state index is 0.0758. The third-order valence-electron chi connectivity index (χ3n) is 6.28. The van der Waals surface area contributed by atoms with E-state index in [9.17, 15) is 14.4 Å². The van der Waals surface area contributed by atoms with Gasteiger partial charge in [-0.05, 0) is 32.2 Å². The lowest BCUT2D eigenvalue weighted by molar-refractivity contribution is -0.141. The number of hydrogen-bond donors (Lipinski definition) is 1. The monoisotopic (exact) mass is 403 g/mol. The second-order valence-electron chi connectivity index (χ2n) is 8.09. The van der Waals surface area contributed by atoms with Crippen LogP contribution in [0.5, 0.6) is 0 Å². The average molecular weight is 403 g/mol. The van der Waals surface area contributed by atoms with E-state index in [1.807, 2.05) is 4.90 Å². The van der Waals surface area contributed by atoms with Gasteiger partial charge >= 0.3 is 0 Å². The van der Waals surface area contributed by atoms with E-state index >= 15 is 0 Å². The Labute approximate surface area is 170 Å². The number of hydrogen-bond acceptors (Lipinski definition) is 6. The summed E-state index contributed by atoms with van der Waals surface area (Å²) in [7, 11) is 0. The molecular formula is C20H29N5O4. The summed E-state index contributed by atoms with van der Waals surface area (Å²) in [6, 6.07) is 0.405. The molecule has 2 amide bonds. The molecule has 0 saturated carbocycles. The van der Waals surface area contributed by atoms with Crippen molar-refractivity contribution in [1.82, 2.24) is 24.7 Å². The van der Waals surface area contributed by atoms with E-state index in [0.29, 0.717) is 45.4 Å². The smallest absolute Gasteiger partial charge is 0.273 e. The van der Waals surface area contributed by atoms with Gasteiger partial charge in [0.05, 0.1) is 25.3 Å². The Morgan fingerprint density at radius 1 is 1.03 bits per heavy atom. The normalized spacial score (nSPS) is 24.5. The predicted octanol–water partition coefficient (Wildman–Crippen LogP) is -0.0547. The van der Waals surface area contributed by atoms with Gasteiger partial charge < -0.3 is 19.5 Å². The third kappa shape index (κ3) is 4.67.